The molecular formula is C14H19N5O2. The van der Waals surface area contributed by atoms with E-state index in [4.69, 9.17) is 5.11 Å². The van der Waals surface area contributed by atoms with Crippen LogP contribution in [-0.2, 0) is 6.54 Å². The van der Waals surface area contributed by atoms with E-state index < -0.39 is 0 Å². The number of aryl methyl sites for hydroxylation is 1. The molecule has 2 N–H and O–H groups in total. The zero-order valence-corrected chi connectivity index (χ0v) is 12.2. The number of anilines is 1. The molecule has 7 nitrogen and oxygen atoms in total. The molecule has 2 rings (SSSR count). The van der Waals surface area contributed by atoms with Gasteiger partial charge in [-0.15, -0.1) is 10.2 Å². The molecule has 0 aliphatic heterocycles. The first kappa shape index (κ1) is 15.0. The lowest BCUT2D eigenvalue weighted by atomic mass is 10.1. The smallest absolute Gasteiger partial charge is 0.321 e. The van der Waals surface area contributed by atoms with Crippen LogP contribution in [0.3, 0.4) is 0 Å². The molecule has 2 aromatic rings. The van der Waals surface area contributed by atoms with Crippen molar-refractivity contribution in [3.05, 3.63) is 30.6 Å². The number of aliphatic hydroxyl groups excluding tert-OH is 1. The molecule has 0 atom stereocenters. The fourth-order valence-electron chi connectivity index (χ4n) is 1.94. The van der Waals surface area contributed by atoms with Gasteiger partial charge in [0, 0.05) is 25.7 Å². The second-order valence-corrected chi connectivity index (χ2v) is 4.56. The molecule has 0 aliphatic rings. The molecule has 21 heavy (non-hydrogen) atoms. The minimum atomic E-state index is -0.279. The quantitative estimate of drug-likeness (QED) is 0.872. The van der Waals surface area contributed by atoms with Crippen LogP contribution in [0.5, 0.6) is 0 Å². The lowest BCUT2D eigenvalue weighted by Crippen LogP contribution is -2.33. The number of benzene rings is 1. The molecule has 0 saturated carbocycles. The van der Waals surface area contributed by atoms with Gasteiger partial charge in [0.2, 0.25) is 0 Å². The van der Waals surface area contributed by atoms with E-state index in [0.717, 1.165) is 12.1 Å². The van der Waals surface area contributed by atoms with Crippen molar-refractivity contribution < 1.29 is 9.90 Å². The van der Waals surface area contributed by atoms with Gasteiger partial charge in [-0.2, -0.15) is 0 Å². The van der Waals surface area contributed by atoms with Crippen molar-refractivity contribution in [2.24, 2.45) is 0 Å². The van der Waals surface area contributed by atoms with Gasteiger partial charge in [0.25, 0.3) is 0 Å². The Morgan fingerprint density at radius 2 is 2.19 bits per heavy atom. The predicted molar refractivity (Wildman–Crippen MR) is 79.9 cm³/mol. The van der Waals surface area contributed by atoms with Crippen LogP contribution in [0.2, 0.25) is 0 Å². The number of aliphatic hydroxyl groups is 1. The van der Waals surface area contributed by atoms with Gasteiger partial charge >= 0.3 is 6.03 Å². The van der Waals surface area contributed by atoms with E-state index in [1.807, 2.05) is 35.8 Å². The first-order valence-electron chi connectivity index (χ1n) is 6.77. The average molecular weight is 289 g/mol. The molecule has 0 bridgehead atoms. The molecule has 0 spiro atoms. The Balaban J connectivity index is 2.28. The molecule has 0 aliphatic carbocycles. The molecule has 0 radical (unpaired) electrons. The Hall–Kier alpha value is -2.41. The maximum atomic E-state index is 12.0. The average Bonchev–Trinajstić information content (AvgIpc) is 2.96. The standard InChI is InChI=1S/C14H19N5O2/c1-3-19-10-15-17-13(19)11-6-4-5-7-12(11)16-14(21)18(2)8-9-20/h4-7,10,20H,3,8-9H2,1-2H3,(H,16,21). The number of urea groups is 1. The minimum Gasteiger partial charge on any atom is -0.395 e. The van der Waals surface area contributed by atoms with Crippen molar-refractivity contribution >= 4 is 11.7 Å². The highest BCUT2D eigenvalue weighted by Crippen LogP contribution is 2.26. The summed E-state index contributed by atoms with van der Waals surface area (Å²) in [6.45, 7) is 2.95. The van der Waals surface area contributed by atoms with Gasteiger partial charge in [-0.1, -0.05) is 12.1 Å². The van der Waals surface area contributed by atoms with Gasteiger partial charge in [-0.3, -0.25) is 0 Å². The number of likely N-dealkylation sites (N-methyl/N-ethyl adjacent to an activating group) is 1. The summed E-state index contributed by atoms with van der Waals surface area (Å²) in [5.74, 6) is 0.707. The SMILES string of the molecule is CCn1cnnc1-c1ccccc1NC(=O)N(C)CCO. The number of nitrogens with one attached hydrogen (secondary N) is 1. The second-order valence-electron chi connectivity index (χ2n) is 4.56. The van der Waals surface area contributed by atoms with Crippen LogP contribution in [-0.4, -0.2) is 51.0 Å². The highest BCUT2D eigenvalue weighted by molar-refractivity contribution is 5.93. The third-order valence-corrected chi connectivity index (χ3v) is 3.15. The Morgan fingerprint density at radius 1 is 1.43 bits per heavy atom. The van der Waals surface area contributed by atoms with Crippen LogP contribution in [0.1, 0.15) is 6.92 Å². The summed E-state index contributed by atoms with van der Waals surface area (Å²) >= 11 is 0. The Labute approximate surface area is 123 Å². The zero-order valence-electron chi connectivity index (χ0n) is 12.2. The monoisotopic (exact) mass is 289 g/mol. The van der Waals surface area contributed by atoms with Crippen molar-refractivity contribution in [3.8, 4) is 11.4 Å². The first-order chi connectivity index (χ1) is 10.2. The van der Waals surface area contributed by atoms with Crippen molar-refractivity contribution in [3.63, 3.8) is 0 Å². The van der Waals surface area contributed by atoms with Crippen LogP contribution in [0, 0.1) is 0 Å². The van der Waals surface area contributed by atoms with E-state index in [2.05, 4.69) is 15.5 Å². The number of para-hydroxylation sites is 1. The van der Waals surface area contributed by atoms with Gasteiger partial charge in [-0.25, -0.2) is 4.79 Å². The Kier molecular flexibility index (Phi) is 4.89. The third kappa shape index (κ3) is 3.38. The van der Waals surface area contributed by atoms with Crippen molar-refractivity contribution in [1.82, 2.24) is 19.7 Å². The number of hydrogen-bond acceptors (Lipinski definition) is 4. The molecule has 2 amide bonds. The largest absolute Gasteiger partial charge is 0.395 e. The van der Waals surface area contributed by atoms with Crippen LogP contribution in [0.25, 0.3) is 11.4 Å². The van der Waals surface area contributed by atoms with Crippen molar-refractivity contribution in [2.45, 2.75) is 13.5 Å². The van der Waals surface area contributed by atoms with E-state index in [0.29, 0.717) is 11.5 Å². The van der Waals surface area contributed by atoms with E-state index in [9.17, 15) is 4.79 Å². The van der Waals surface area contributed by atoms with Crippen molar-refractivity contribution in [2.75, 3.05) is 25.5 Å². The molecule has 7 heteroatoms. The van der Waals surface area contributed by atoms with Crippen LogP contribution >= 0.6 is 0 Å². The molecule has 0 unspecified atom stereocenters. The van der Waals surface area contributed by atoms with Crippen LogP contribution in [0.15, 0.2) is 30.6 Å². The fraction of sp³-hybridized carbons (Fsp3) is 0.357. The van der Waals surface area contributed by atoms with Crippen LogP contribution < -0.4 is 5.32 Å². The summed E-state index contributed by atoms with van der Waals surface area (Å²) in [5.41, 5.74) is 1.47. The lowest BCUT2D eigenvalue weighted by Gasteiger charge is -2.18. The number of carbonyl (C=O) groups is 1. The first-order valence-corrected chi connectivity index (χ1v) is 6.77. The van der Waals surface area contributed by atoms with Gasteiger partial charge in [-0.05, 0) is 19.1 Å². The minimum absolute atomic E-state index is 0.0737. The summed E-state index contributed by atoms with van der Waals surface area (Å²) in [6.07, 6.45) is 1.66. The van der Waals surface area contributed by atoms with Gasteiger partial charge in [0.1, 0.15) is 6.33 Å². The molecule has 1 aromatic carbocycles. The summed E-state index contributed by atoms with van der Waals surface area (Å²) in [6, 6.07) is 7.15. The van der Waals surface area contributed by atoms with Gasteiger partial charge in [0.15, 0.2) is 5.82 Å². The molecular weight excluding hydrogens is 270 g/mol. The highest BCUT2D eigenvalue weighted by atomic mass is 16.3. The number of amides is 2. The van der Waals surface area contributed by atoms with E-state index in [1.165, 1.54) is 4.90 Å². The molecule has 1 heterocycles. The van der Waals surface area contributed by atoms with Gasteiger partial charge in [0.05, 0.1) is 12.3 Å². The normalized spacial score (nSPS) is 10.4. The summed E-state index contributed by atoms with van der Waals surface area (Å²) in [4.78, 5) is 13.5. The molecule has 1 aromatic heterocycles. The van der Waals surface area contributed by atoms with Gasteiger partial charge < -0.3 is 19.9 Å². The highest BCUT2D eigenvalue weighted by Gasteiger charge is 2.14. The summed E-state index contributed by atoms with van der Waals surface area (Å²) in [7, 11) is 1.63. The molecule has 0 saturated heterocycles. The summed E-state index contributed by atoms with van der Waals surface area (Å²) in [5, 5.41) is 19.7. The second kappa shape index (κ2) is 6.85. The zero-order chi connectivity index (χ0) is 15.2. The predicted octanol–water partition coefficient (Wildman–Crippen LogP) is 1.42. The maximum absolute atomic E-state index is 12.0. The Bertz CT molecular complexity index is 611. The fourth-order valence-corrected chi connectivity index (χ4v) is 1.94. The molecule has 0 fully saturated rings. The van der Waals surface area contributed by atoms with Crippen molar-refractivity contribution in [1.29, 1.82) is 0 Å². The van der Waals surface area contributed by atoms with E-state index >= 15 is 0 Å². The lowest BCUT2D eigenvalue weighted by molar-refractivity contribution is 0.202. The van der Waals surface area contributed by atoms with Crippen LogP contribution in [0.4, 0.5) is 10.5 Å². The number of aromatic nitrogens is 3. The third-order valence-electron chi connectivity index (χ3n) is 3.15. The number of nitrogens with zero attached hydrogens (tertiary/aromatic N) is 4. The summed E-state index contributed by atoms with van der Waals surface area (Å²) < 4.78 is 1.91. The Morgan fingerprint density at radius 3 is 2.90 bits per heavy atom. The molecule has 112 valence electrons. The van der Waals surface area contributed by atoms with E-state index in [1.54, 1.807) is 13.4 Å². The maximum Gasteiger partial charge on any atom is 0.321 e. The number of hydrogen-bond donors (Lipinski definition) is 2. The van der Waals surface area contributed by atoms with E-state index in [-0.39, 0.29) is 19.2 Å². The number of carbonyl (C=O) groups excluding carboxylic acids is 1. The number of rotatable bonds is 5. The topological polar surface area (TPSA) is 83.3 Å².